The molecule has 17 heteroatoms. The van der Waals surface area contributed by atoms with Crippen LogP contribution in [0.25, 0.3) is 0 Å². The molecular formula is C37H62N2O15. The molecule has 2 saturated heterocycles. The average molecular weight is 775 g/mol. The van der Waals surface area contributed by atoms with Gasteiger partial charge in [-0.2, -0.15) is 0 Å². The Hall–Kier alpha value is -3.77. The van der Waals surface area contributed by atoms with E-state index in [-0.39, 0.29) is 51.6 Å². The largest absolute Gasteiger partial charge is 0.462 e. The number of carbonyl (C=O) groups is 7. The van der Waals surface area contributed by atoms with E-state index in [0.717, 1.165) is 38.5 Å². The van der Waals surface area contributed by atoms with Gasteiger partial charge in [0.2, 0.25) is 0 Å². The van der Waals surface area contributed by atoms with Gasteiger partial charge in [-0.15, -0.1) is 23.3 Å². The van der Waals surface area contributed by atoms with Crippen molar-refractivity contribution in [3.8, 4) is 0 Å². The normalized spacial score (nSPS) is 15.5. The van der Waals surface area contributed by atoms with Crippen LogP contribution in [0.5, 0.6) is 0 Å². The van der Waals surface area contributed by atoms with Gasteiger partial charge in [-0.05, 0) is 32.1 Å². The molecule has 3 atom stereocenters. The highest BCUT2D eigenvalue weighted by atomic mass is 16.7. The van der Waals surface area contributed by atoms with Crippen molar-refractivity contribution in [2.75, 3.05) is 52.9 Å². The van der Waals surface area contributed by atoms with Gasteiger partial charge in [0.25, 0.3) is 23.6 Å². The minimum Gasteiger partial charge on any atom is -0.462 e. The predicted octanol–water partition coefficient (Wildman–Crippen LogP) is 3.94. The Kier molecular flexibility index (Phi) is 29.4. The van der Waals surface area contributed by atoms with E-state index in [2.05, 4.69) is 18.0 Å². The zero-order chi connectivity index (χ0) is 40.7. The molecule has 0 aromatic carbocycles. The van der Waals surface area contributed by atoms with Gasteiger partial charge < -0.3 is 38.1 Å². The molecule has 2 fully saturated rings. The first-order chi connectivity index (χ1) is 26.0. The van der Waals surface area contributed by atoms with Gasteiger partial charge in [-0.1, -0.05) is 47.5 Å². The van der Waals surface area contributed by atoms with Crippen molar-refractivity contribution in [1.29, 1.82) is 0 Å². The van der Waals surface area contributed by atoms with Crippen LogP contribution in [0, 0.1) is 0 Å². The lowest BCUT2D eigenvalue weighted by atomic mass is 10.1. The summed E-state index contributed by atoms with van der Waals surface area (Å²) >= 11 is 0. The molecule has 0 aromatic rings. The Labute approximate surface area is 319 Å². The third kappa shape index (κ3) is 21.8. The lowest BCUT2D eigenvalue weighted by Crippen LogP contribution is -2.39. The van der Waals surface area contributed by atoms with Crippen molar-refractivity contribution in [2.24, 2.45) is 0 Å². The van der Waals surface area contributed by atoms with Gasteiger partial charge in [0, 0.05) is 52.1 Å². The van der Waals surface area contributed by atoms with Crippen LogP contribution < -0.4 is 0 Å². The maximum atomic E-state index is 12.4. The van der Waals surface area contributed by atoms with Crippen molar-refractivity contribution in [3.05, 3.63) is 13.2 Å². The number of esters is 1. The van der Waals surface area contributed by atoms with Gasteiger partial charge in [0.1, 0.15) is 25.2 Å². The molecule has 0 aromatic heterocycles. The monoisotopic (exact) mass is 774 g/mol. The number of carbonyl (C=O) groups excluding carboxylic acids is 7. The number of hydrogen-bond acceptors (Lipinski definition) is 15. The summed E-state index contributed by atoms with van der Waals surface area (Å²) < 4.78 is 32.9. The molecular weight excluding hydrogens is 712 g/mol. The van der Waals surface area contributed by atoms with E-state index in [1.54, 1.807) is 0 Å². The SMILES string of the molecule is C=C.CCCCC(OCC(COCCC)OCCC)C(=O)ON1C(=O)CCC1=O.CCCOCC(COC(=O)CC(=O)ON1C(=O)CCC1=O)OCCC. The predicted molar refractivity (Wildman–Crippen MR) is 193 cm³/mol. The summed E-state index contributed by atoms with van der Waals surface area (Å²) in [5.74, 6) is -4.79. The van der Waals surface area contributed by atoms with Crippen LogP contribution in [0.1, 0.15) is 112 Å². The van der Waals surface area contributed by atoms with Crippen molar-refractivity contribution in [1.82, 2.24) is 10.1 Å². The highest BCUT2D eigenvalue weighted by molar-refractivity contribution is 6.02. The van der Waals surface area contributed by atoms with Crippen LogP contribution in [-0.4, -0.2) is 123 Å². The second-order valence-corrected chi connectivity index (χ2v) is 12.0. The molecule has 0 aliphatic carbocycles. The van der Waals surface area contributed by atoms with Gasteiger partial charge in [0.05, 0.1) is 19.8 Å². The third-order valence-electron chi connectivity index (χ3n) is 7.09. The van der Waals surface area contributed by atoms with Crippen LogP contribution in [0.3, 0.4) is 0 Å². The summed E-state index contributed by atoms with van der Waals surface area (Å²) in [6.07, 6.45) is 3.37. The minimum atomic E-state index is -1.03. The summed E-state index contributed by atoms with van der Waals surface area (Å²) in [6, 6.07) is 0. The highest BCUT2D eigenvalue weighted by Gasteiger charge is 2.36. The van der Waals surface area contributed by atoms with Gasteiger partial charge in [-0.25, -0.2) is 9.59 Å². The van der Waals surface area contributed by atoms with E-state index in [1.165, 1.54) is 0 Å². The number of ether oxygens (including phenoxy) is 6. The Bertz CT molecular complexity index is 1100. The first-order valence-corrected chi connectivity index (χ1v) is 18.8. The molecule has 0 spiro atoms. The topological polar surface area (TPSA) is 200 Å². The van der Waals surface area contributed by atoms with E-state index in [9.17, 15) is 33.6 Å². The van der Waals surface area contributed by atoms with Crippen LogP contribution in [0.2, 0.25) is 0 Å². The van der Waals surface area contributed by atoms with Crippen LogP contribution in [0.15, 0.2) is 13.2 Å². The Morgan fingerprint density at radius 2 is 1.02 bits per heavy atom. The second-order valence-electron chi connectivity index (χ2n) is 12.0. The Balaban J connectivity index is 0.000000997. The summed E-state index contributed by atoms with van der Waals surface area (Å²) in [5.41, 5.74) is 0. The molecule has 2 aliphatic heterocycles. The van der Waals surface area contributed by atoms with E-state index < -0.39 is 60.2 Å². The number of unbranched alkanes of at least 4 members (excludes halogenated alkanes) is 1. The number of nitrogens with zero attached hydrogens (tertiary/aromatic N) is 2. The van der Waals surface area contributed by atoms with E-state index in [0.29, 0.717) is 49.6 Å². The molecule has 4 amide bonds. The molecule has 0 saturated carbocycles. The maximum Gasteiger partial charge on any atom is 0.361 e. The first-order valence-electron chi connectivity index (χ1n) is 18.8. The van der Waals surface area contributed by atoms with Crippen molar-refractivity contribution < 1.29 is 71.7 Å². The van der Waals surface area contributed by atoms with Gasteiger partial charge in [-0.3, -0.25) is 24.0 Å². The molecule has 0 bridgehead atoms. The van der Waals surface area contributed by atoms with E-state index >= 15 is 0 Å². The fraction of sp³-hybridized carbons (Fsp3) is 0.757. The van der Waals surface area contributed by atoms with Crippen molar-refractivity contribution in [2.45, 2.75) is 130 Å². The summed E-state index contributed by atoms with van der Waals surface area (Å²) in [4.78, 5) is 91.2. The first kappa shape index (κ1) is 50.2. The zero-order valence-corrected chi connectivity index (χ0v) is 32.8. The van der Waals surface area contributed by atoms with Crippen molar-refractivity contribution in [3.63, 3.8) is 0 Å². The standard InChI is InChI=1S/C19H33NO7.C16H25NO8.C2H4/c1-4-7-8-16(19(23)27-20-17(21)9-10-18(20)22)26-14-15(25-12-6-3)13-24-11-5-2;1-3-7-22-10-12(23-8-4-2)11-24-15(20)9-16(21)25-17-13(18)5-6-14(17)19;1-2/h15-16H,4-14H2,1-3H3;12H,3-11H2,1-2H3;1-2H2. The number of rotatable bonds is 27. The highest BCUT2D eigenvalue weighted by Crippen LogP contribution is 2.16. The smallest absolute Gasteiger partial charge is 0.361 e. The second kappa shape index (κ2) is 31.6. The average Bonchev–Trinajstić information content (AvgIpc) is 3.65. The molecule has 17 nitrogen and oxygen atoms in total. The maximum absolute atomic E-state index is 12.4. The lowest BCUT2D eigenvalue weighted by Gasteiger charge is -2.23. The number of hydroxylamine groups is 4. The summed E-state index contributed by atoms with van der Waals surface area (Å²) in [7, 11) is 0. The molecule has 2 rings (SSSR count). The molecule has 2 heterocycles. The van der Waals surface area contributed by atoms with E-state index in [4.69, 9.17) is 33.3 Å². The molecule has 3 unspecified atom stereocenters. The fourth-order valence-corrected chi connectivity index (χ4v) is 4.41. The van der Waals surface area contributed by atoms with Crippen LogP contribution in [0.4, 0.5) is 0 Å². The molecule has 0 N–H and O–H groups in total. The molecule has 2 aliphatic rings. The molecule has 0 radical (unpaired) electrons. The fourth-order valence-electron chi connectivity index (χ4n) is 4.41. The number of amides is 4. The van der Waals surface area contributed by atoms with Crippen molar-refractivity contribution >= 4 is 41.5 Å². The summed E-state index contributed by atoms with van der Waals surface area (Å²) in [6.45, 7) is 19.0. The van der Waals surface area contributed by atoms with E-state index in [1.807, 2.05) is 34.6 Å². The van der Waals surface area contributed by atoms with Gasteiger partial charge >= 0.3 is 17.9 Å². The quantitative estimate of drug-likeness (QED) is 0.0382. The zero-order valence-electron chi connectivity index (χ0n) is 32.8. The number of hydrogen-bond donors (Lipinski definition) is 0. The summed E-state index contributed by atoms with van der Waals surface area (Å²) in [5, 5.41) is 0.946. The third-order valence-corrected chi connectivity index (χ3v) is 7.09. The molecule has 310 valence electrons. The Morgan fingerprint density at radius 1 is 0.574 bits per heavy atom. The lowest BCUT2D eigenvalue weighted by molar-refractivity contribution is -0.207. The van der Waals surface area contributed by atoms with Gasteiger partial charge in [0.15, 0.2) is 6.10 Å². The van der Waals surface area contributed by atoms with Crippen LogP contribution >= 0.6 is 0 Å². The molecule has 54 heavy (non-hydrogen) atoms. The Morgan fingerprint density at radius 3 is 1.46 bits per heavy atom. The minimum absolute atomic E-state index is 0.00916. The van der Waals surface area contributed by atoms with Crippen LogP contribution in [-0.2, 0) is 71.7 Å². The number of imide groups is 2.